The Labute approximate surface area is 80.4 Å². The van der Waals surface area contributed by atoms with E-state index in [4.69, 9.17) is 4.74 Å². The molecular formula is C8H9N2O4. The fourth-order valence-corrected chi connectivity index (χ4v) is 0.857. The zero-order valence-electron chi connectivity index (χ0n) is 7.76. The largest absolute Gasteiger partial charge is 0.421 e. The van der Waals surface area contributed by atoms with E-state index in [2.05, 4.69) is 9.72 Å². The summed E-state index contributed by atoms with van der Waals surface area (Å²) in [6.45, 7) is 2.60. The number of aromatic nitrogens is 2. The molecule has 6 nitrogen and oxygen atoms in total. The van der Waals surface area contributed by atoms with Gasteiger partial charge < -0.3 is 14.0 Å². The Balaban J connectivity index is 2.59. The second-order valence-electron chi connectivity index (χ2n) is 2.56. The topological polar surface area (TPSA) is 70.4 Å². The summed E-state index contributed by atoms with van der Waals surface area (Å²) in [5, 5.41) is 0. The number of ether oxygens (including phenoxy) is 2. The van der Waals surface area contributed by atoms with Gasteiger partial charge in [0, 0.05) is 14.0 Å². The summed E-state index contributed by atoms with van der Waals surface area (Å²) >= 11 is 0. The standard InChI is InChI=1S/C8H9N2O4/c1-6(13-5-11)14-8(12)7-3-9-4-10(7)2/h3-4,6H,1-2H3. The molecule has 75 valence electrons. The molecule has 1 aromatic heterocycles. The van der Waals surface area contributed by atoms with Crippen LogP contribution in [0.5, 0.6) is 0 Å². The predicted octanol–water partition coefficient (Wildman–Crippen LogP) is 0.00670. The number of rotatable bonds is 4. The summed E-state index contributed by atoms with van der Waals surface area (Å²) in [6, 6.07) is 0. The number of aryl methyl sites for hydroxylation is 1. The van der Waals surface area contributed by atoms with Crippen LogP contribution in [0.4, 0.5) is 0 Å². The van der Waals surface area contributed by atoms with Crippen LogP contribution >= 0.6 is 0 Å². The highest BCUT2D eigenvalue weighted by Crippen LogP contribution is 2.02. The van der Waals surface area contributed by atoms with E-state index in [1.807, 2.05) is 0 Å². The van der Waals surface area contributed by atoms with Gasteiger partial charge in [0.1, 0.15) is 5.69 Å². The lowest BCUT2D eigenvalue weighted by Crippen LogP contribution is -2.19. The lowest BCUT2D eigenvalue weighted by Gasteiger charge is -2.09. The highest BCUT2D eigenvalue weighted by Gasteiger charge is 2.15. The summed E-state index contributed by atoms with van der Waals surface area (Å²) in [6.07, 6.45) is 1.88. The Bertz CT molecular complexity index is 334. The fraction of sp³-hybridized carbons (Fsp3) is 0.375. The highest BCUT2D eigenvalue weighted by molar-refractivity contribution is 5.87. The van der Waals surface area contributed by atoms with E-state index >= 15 is 0 Å². The molecule has 1 rings (SSSR count). The predicted molar refractivity (Wildman–Crippen MR) is 44.9 cm³/mol. The molecule has 1 heterocycles. The maximum Gasteiger partial charge on any atom is 0.420 e. The molecule has 0 saturated heterocycles. The second kappa shape index (κ2) is 4.40. The SMILES string of the molecule is CC(O[C]=O)OC(=O)c1cncn1C. The van der Waals surface area contributed by atoms with Gasteiger partial charge in [0.15, 0.2) is 0 Å². The minimum absolute atomic E-state index is 0.284. The average Bonchev–Trinajstić information content (AvgIpc) is 2.51. The van der Waals surface area contributed by atoms with Crippen LogP contribution in [0.15, 0.2) is 12.5 Å². The number of imidazole rings is 1. The molecule has 1 aromatic rings. The van der Waals surface area contributed by atoms with Gasteiger partial charge in [0.05, 0.1) is 12.5 Å². The number of hydrogen-bond donors (Lipinski definition) is 0. The van der Waals surface area contributed by atoms with Crippen molar-refractivity contribution in [2.75, 3.05) is 0 Å². The molecule has 0 aliphatic rings. The highest BCUT2D eigenvalue weighted by atomic mass is 16.7. The third kappa shape index (κ3) is 2.32. The molecule has 0 spiro atoms. The van der Waals surface area contributed by atoms with Crippen molar-refractivity contribution < 1.29 is 19.1 Å². The van der Waals surface area contributed by atoms with Gasteiger partial charge in [-0.25, -0.2) is 14.6 Å². The van der Waals surface area contributed by atoms with Gasteiger partial charge in [-0.2, -0.15) is 0 Å². The average molecular weight is 197 g/mol. The van der Waals surface area contributed by atoms with Crippen molar-refractivity contribution in [2.45, 2.75) is 13.2 Å². The Hall–Kier alpha value is -1.85. The van der Waals surface area contributed by atoms with Crippen LogP contribution in [0, 0.1) is 0 Å². The van der Waals surface area contributed by atoms with Crippen molar-refractivity contribution in [1.29, 1.82) is 0 Å². The minimum atomic E-state index is -0.949. The molecule has 0 aliphatic heterocycles. The van der Waals surface area contributed by atoms with Gasteiger partial charge in [-0.05, 0) is 0 Å². The maximum absolute atomic E-state index is 11.3. The molecule has 1 unspecified atom stereocenters. The molecule has 0 aromatic carbocycles. The fourth-order valence-electron chi connectivity index (χ4n) is 0.857. The third-order valence-electron chi connectivity index (χ3n) is 1.51. The van der Waals surface area contributed by atoms with Crippen molar-refractivity contribution >= 4 is 12.4 Å². The molecule has 0 amide bonds. The van der Waals surface area contributed by atoms with E-state index in [0.717, 1.165) is 0 Å². The zero-order valence-corrected chi connectivity index (χ0v) is 7.76. The van der Waals surface area contributed by atoms with Crippen LogP contribution in [0.2, 0.25) is 0 Å². The first-order valence-corrected chi connectivity index (χ1v) is 3.85. The van der Waals surface area contributed by atoms with Crippen molar-refractivity contribution in [3.8, 4) is 0 Å². The van der Waals surface area contributed by atoms with E-state index in [1.165, 1.54) is 30.5 Å². The molecule has 0 N–H and O–H groups in total. The molecule has 0 bridgehead atoms. The van der Waals surface area contributed by atoms with Gasteiger partial charge in [0.2, 0.25) is 6.29 Å². The number of carbonyl (C=O) groups excluding carboxylic acids is 2. The van der Waals surface area contributed by atoms with E-state index in [0.29, 0.717) is 0 Å². The summed E-state index contributed by atoms with van der Waals surface area (Å²) < 4.78 is 10.5. The van der Waals surface area contributed by atoms with E-state index in [-0.39, 0.29) is 5.69 Å². The molecule has 0 fully saturated rings. The monoisotopic (exact) mass is 197 g/mol. The van der Waals surface area contributed by atoms with Crippen LogP contribution in [0.1, 0.15) is 17.4 Å². The van der Waals surface area contributed by atoms with Crippen LogP contribution < -0.4 is 0 Å². The van der Waals surface area contributed by atoms with Gasteiger partial charge in [-0.1, -0.05) is 0 Å². The quantitative estimate of drug-likeness (QED) is 0.502. The molecule has 1 atom stereocenters. The first-order chi connectivity index (χ1) is 6.65. The molecular weight excluding hydrogens is 188 g/mol. The minimum Gasteiger partial charge on any atom is -0.421 e. The molecule has 0 saturated carbocycles. The van der Waals surface area contributed by atoms with E-state index in [1.54, 1.807) is 7.05 Å². The Morgan fingerprint density at radius 1 is 1.71 bits per heavy atom. The number of nitrogens with zero attached hydrogens (tertiary/aromatic N) is 2. The van der Waals surface area contributed by atoms with Crippen molar-refractivity contribution in [3.05, 3.63) is 18.2 Å². The second-order valence-corrected chi connectivity index (χ2v) is 2.56. The van der Waals surface area contributed by atoms with Crippen LogP contribution in [0.3, 0.4) is 0 Å². The molecule has 1 radical (unpaired) electrons. The maximum atomic E-state index is 11.3. The lowest BCUT2D eigenvalue weighted by molar-refractivity contribution is -0.0455. The zero-order chi connectivity index (χ0) is 10.6. The summed E-state index contributed by atoms with van der Waals surface area (Å²) in [5.74, 6) is -0.604. The molecule has 6 heteroatoms. The lowest BCUT2D eigenvalue weighted by atomic mass is 10.5. The van der Waals surface area contributed by atoms with Crippen molar-refractivity contribution in [2.24, 2.45) is 7.05 Å². The summed E-state index contributed by atoms with van der Waals surface area (Å²) in [7, 11) is 1.65. The summed E-state index contributed by atoms with van der Waals surface area (Å²) in [4.78, 5) is 24.9. The Morgan fingerprint density at radius 3 is 2.93 bits per heavy atom. The van der Waals surface area contributed by atoms with Gasteiger partial charge in [-0.3, -0.25) is 0 Å². The number of carbonyl (C=O) groups is 1. The van der Waals surface area contributed by atoms with Crippen LogP contribution in [-0.2, 0) is 21.3 Å². The Kier molecular flexibility index (Phi) is 3.22. The van der Waals surface area contributed by atoms with Crippen LogP contribution in [-0.4, -0.2) is 28.3 Å². The summed E-state index contributed by atoms with van der Waals surface area (Å²) in [5.41, 5.74) is 0.284. The van der Waals surface area contributed by atoms with E-state index in [9.17, 15) is 9.59 Å². The smallest absolute Gasteiger partial charge is 0.420 e. The van der Waals surface area contributed by atoms with Crippen LogP contribution in [0.25, 0.3) is 0 Å². The first-order valence-electron chi connectivity index (χ1n) is 3.85. The number of hydrogen-bond acceptors (Lipinski definition) is 5. The van der Waals surface area contributed by atoms with Crippen molar-refractivity contribution in [3.63, 3.8) is 0 Å². The van der Waals surface area contributed by atoms with E-state index < -0.39 is 12.3 Å². The third-order valence-corrected chi connectivity index (χ3v) is 1.51. The van der Waals surface area contributed by atoms with Crippen molar-refractivity contribution in [1.82, 2.24) is 9.55 Å². The molecule has 14 heavy (non-hydrogen) atoms. The Morgan fingerprint density at radius 2 is 2.43 bits per heavy atom. The van der Waals surface area contributed by atoms with Gasteiger partial charge >= 0.3 is 12.4 Å². The normalized spacial score (nSPS) is 11.9. The van der Waals surface area contributed by atoms with Gasteiger partial charge in [0.25, 0.3) is 0 Å². The molecule has 0 aliphatic carbocycles. The number of esters is 1. The van der Waals surface area contributed by atoms with Gasteiger partial charge in [-0.15, -0.1) is 0 Å². The first kappa shape index (κ1) is 10.2.